The molecule has 135 heavy (non-hydrogen) atoms. The number of hydrogen-bond donors (Lipinski definition) is 7. The fraction of sp³-hybridized carbons (Fsp3) is 0.463. The first-order valence-electron chi connectivity index (χ1n) is 42.3. The molecule has 5 aliphatic heterocycles. The first-order chi connectivity index (χ1) is 63.3. The number of nitrogens with zero attached hydrogens (tertiary/aromatic N) is 22. The first-order valence-corrected chi connectivity index (χ1v) is 45.4. The Hall–Kier alpha value is -8.32. The number of piperazine rings is 5. The lowest BCUT2D eigenvalue weighted by Gasteiger charge is -2.36. The molecule has 53 heteroatoms. The Kier molecular flexibility index (Phi) is 43.2. The monoisotopic (exact) mass is 2080 g/mol. The van der Waals surface area contributed by atoms with E-state index in [-0.39, 0.29) is 103 Å². The molecular formula is C82H106B2Cl10F5N27O9. The van der Waals surface area contributed by atoms with Crippen molar-refractivity contribution in [2.75, 3.05) is 170 Å². The number of amides is 2. The van der Waals surface area contributed by atoms with Gasteiger partial charge in [-0.25, -0.2) is 71.4 Å². The van der Waals surface area contributed by atoms with Crippen LogP contribution in [0.25, 0.3) is 66.5 Å². The number of halogens is 15. The summed E-state index contributed by atoms with van der Waals surface area (Å²) < 4.78 is 99.1. The van der Waals surface area contributed by atoms with E-state index in [9.17, 15) is 36.6 Å². The summed E-state index contributed by atoms with van der Waals surface area (Å²) in [5, 5.41) is 42.8. The smallest absolute Gasteiger partial charge is 0.410 e. The van der Waals surface area contributed by atoms with Crippen molar-refractivity contribution in [2.45, 2.75) is 100 Å². The molecular weight excluding hydrogens is 1980 g/mol. The summed E-state index contributed by atoms with van der Waals surface area (Å²) in [5.74, 6) is 7.85. The summed E-state index contributed by atoms with van der Waals surface area (Å²) >= 11 is 46.8. The third kappa shape index (κ3) is 30.6. The van der Waals surface area contributed by atoms with Crippen LogP contribution in [-0.4, -0.2) is 293 Å². The lowest BCUT2D eigenvalue weighted by atomic mass is 9.84. The maximum atomic E-state index is 14.3. The van der Waals surface area contributed by atoms with Crippen LogP contribution in [-0.2, 0) is 30.2 Å². The highest BCUT2D eigenvalue weighted by Gasteiger charge is 2.33. The zero-order chi connectivity index (χ0) is 96.9. The Balaban J connectivity index is 0.000000198. The molecule has 36 nitrogen and oxygen atoms in total. The Morgan fingerprint density at radius 1 is 0.422 bits per heavy atom. The normalized spacial score (nSPS) is 14.9. The van der Waals surface area contributed by atoms with E-state index in [1.54, 1.807) is 49.7 Å². The van der Waals surface area contributed by atoms with Gasteiger partial charge in [-0.2, -0.15) is 0 Å². The highest BCUT2D eigenvalue weighted by atomic mass is 35.5. The Bertz CT molecular complexity index is 5940. The maximum absolute atomic E-state index is 14.3. The summed E-state index contributed by atoms with van der Waals surface area (Å²) in [6.45, 7) is 36.0. The Labute approximate surface area is 828 Å². The molecule has 12 heterocycles. The standard InChI is InChI=1S/C18H23ClFN5O2.C17H19Cl2FN4O2.C14H15BClFN6O.C13H12ClFN6.C8H2Cl3FN2.C7H16O3.C5H13BN2O.2ClH.H4N2/c1-18(2,3)27-17(26)25-6-4-24(5-7-25)16-14(10-21)22-15-12(20)8-11(19)9-13(15)23-16;1-17(2,3)26-16(25)24-6-4-23(5-7-24)15-14(19)22-13-11(20)8-10(18)9-12(13)21-15;1-15(24)22-4-2-21(3-5-22)13-14-20-18-8-23(14)12-10(17)6-9(16)7-11(12)19-13;14-8-5-9(15)11-10(6-8)18-12(13-19-17-7-21(11)13)20-3-1-16-2-4-20;9-3-1-4(12)6-5(2-3)13-7(10)8(11)14-6;1-4-8-7(9-5-2)10-6-3;1-6(9)8-4-2-7-3-5-8;;;1-2/h8-9H,4-7,10,21H2,1-3H3;8-9H,4-7H2,1-3H3;6-8,24H,2-5H2,1H3;5-7,16H,1-4H2;1-2H;7H,4-6H2,1-3H3;7,9H,2-5H2,1H3;2*1H;1-2H2. The first kappa shape index (κ1) is 112. The summed E-state index contributed by atoms with van der Waals surface area (Å²) in [7, 11) is -0.746. The van der Waals surface area contributed by atoms with Gasteiger partial charge in [0.1, 0.15) is 51.4 Å². The molecule has 734 valence electrons. The molecule has 12 aromatic rings. The van der Waals surface area contributed by atoms with Crippen LogP contribution in [0.15, 0.2) is 73.3 Å². The number of carbonyl (C=O) groups is 2. The molecule has 0 spiro atoms. The number of hydrogen-bond acceptors (Lipinski definition) is 32. The average molecular weight is 2090 g/mol. The van der Waals surface area contributed by atoms with Crippen molar-refractivity contribution in [2.24, 2.45) is 17.4 Å². The molecule has 5 fully saturated rings. The molecule has 5 saturated heterocycles. The van der Waals surface area contributed by atoms with E-state index < -0.39 is 53.8 Å². The van der Waals surface area contributed by atoms with E-state index in [4.69, 9.17) is 127 Å². The molecule has 0 aliphatic carbocycles. The molecule has 0 saturated carbocycles. The number of nitrogens with one attached hydrogen (secondary N) is 2. The van der Waals surface area contributed by atoms with Gasteiger partial charge in [-0.15, -0.1) is 45.2 Å². The SMILES string of the molecule is CB(O)N1CCN(c2nc3cc(Cl)cc(F)c3n3cnnc23)CC1.CB(O)N1CCNCC1.CC(C)(C)OC(=O)N1CCN(c2nc3cc(Cl)cc(F)c3nc2CN)CC1.CC(C)(C)OC(=O)N1CCN(c2nc3cc(Cl)cc(F)c3nc2Cl)CC1.CCOC(OCC)OCC.Cl.Cl.Fc1cc(Cl)cc2nc(Cl)c(Cl)nc12.Fc1cc(Cl)cc2nc(N3CCNCC3)c3nncn3c12.NN. The third-order valence-electron chi connectivity index (χ3n) is 20.2. The Morgan fingerprint density at radius 3 is 1.11 bits per heavy atom. The predicted molar refractivity (Wildman–Crippen MR) is 526 cm³/mol. The molecule has 5 aromatic carbocycles. The van der Waals surface area contributed by atoms with Crippen LogP contribution in [0.5, 0.6) is 0 Å². The molecule has 0 bridgehead atoms. The van der Waals surface area contributed by atoms with Crippen LogP contribution in [0, 0.1) is 29.1 Å². The number of rotatable bonds is 13. The molecule has 5 aliphatic rings. The number of aromatic nitrogens is 14. The zero-order valence-corrected chi connectivity index (χ0v) is 83.4. The topological polar surface area (TPSA) is 412 Å². The van der Waals surface area contributed by atoms with Crippen molar-refractivity contribution in [3.63, 3.8) is 0 Å². The largest absolute Gasteiger partial charge is 0.444 e. The van der Waals surface area contributed by atoms with Gasteiger partial charge in [0.15, 0.2) is 67.8 Å². The molecule has 17 rings (SSSR count). The second-order valence-electron chi connectivity index (χ2n) is 31.9. The average Bonchev–Trinajstić information content (AvgIpc) is 1.68. The number of benzene rings is 5. The van der Waals surface area contributed by atoms with E-state index in [0.717, 1.165) is 58.4 Å². The fourth-order valence-corrected chi connectivity index (χ4v) is 15.6. The summed E-state index contributed by atoms with van der Waals surface area (Å²) in [6.07, 6.45) is 2.30. The highest BCUT2D eigenvalue weighted by Crippen LogP contribution is 2.35. The van der Waals surface area contributed by atoms with Crippen LogP contribution >= 0.6 is 118 Å². The minimum absolute atomic E-state index is 0. The minimum Gasteiger partial charge on any atom is -0.444 e. The maximum Gasteiger partial charge on any atom is 0.410 e. The van der Waals surface area contributed by atoms with Crippen LogP contribution < -0.4 is 47.7 Å². The second-order valence-corrected chi connectivity index (χ2v) is 35.2. The van der Waals surface area contributed by atoms with Gasteiger partial charge >= 0.3 is 26.3 Å². The van der Waals surface area contributed by atoms with Crippen molar-refractivity contribution in [3.8, 4) is 0 Å². The van der Waals surface area contributed by atoms with E-state index in [0.29, 0.717) is 182 Å². The molecule has 10 N–H and O–H groups in total. The van der Waals surface area contributed by atoms with E-state index in [1.165, 1.54) is 43.0 Å². The van der Waals surface area contributed by atoms with Crippen LogP contribution in [0.3, 0.4) is 0 Å². The number of fused-ring (bicyclic) bond motifs is 9. The number of carbonyl (C=O) groups excluding carboxylic acids is 2. The van der Waals surface area contributed by atoms with E-state index in [1.807, 2.05) is 83.7 Å². The van der Waals surface area contributed by atoms with Gasteiger partial charge in [0.2, 0.25) is 11.3 Å². The van der Waals surface area contributed by atoms with E-state index in [2.05, 4.69) is 97.2 Å². The van der Waals surface area contributed by atoms with Crippen molar-refractivity contribution in [1.82, 2.24) is 99.1 Å². The number of anilines is 4. The van der Waals surface area contributed by atoms with Gasteiger partial charge in [-0.05, 0) is 137 Å². The summed E-state index contributed by atoms with van der Waals surface area (Å²) in [6, 6.07) is 13.9. The zero-order valence-electron chi connectivity index (χ0n) is 75.7. The van der Waals surface area contributed by atoms with Crippen molar-refractivity contribution >= 4 is 234 Å². The van der Waals surface area contributed by atoms with Crippen LogP contribution in [0.1, 0.15) is 68.0 Å². The van der Waals surface area contributed by atoms with Crippen molar-refractivity contribution in [1.29, 1.82) is 0 Å². The minimum atomic E-state index is -0.571. The van der Waals surface area contributed by atoms with Gasteiger partial charge in [0.05, 0.1) is 33.3 Å². The van der Waals surface area contributed by atoms with Gasteiger partial charge < -0.3 is 89.1 Å². The number of ether oxygens (including phenoxy) is 5. The quantitative estimate of drug-likeness (QED) is 0.0185. The van der Waals surface area contributed by atoms with Crippen molar-refractivity contribution in [3.05, 3.63) is 149 Å². The summed E-state index contributed by atoms with van der Waals surface area (Å²) in [5.41, 5.74) is 9.22. The third-order valence-corrected chi connectivity index (χ3v) is 22.2. The van der Waals surface area contributed by atoms with Gasteiger partial charge in [-0.1, -0.05) is 92.8 Å². The molecule has 7 aromatic heterocycles. The van der Waals surface area contributed by atoms with E-state index >= 15 is 0 Å². The molecule has 0 radical (unpaired) electrons. The predicted octanol–water partition coefficient (Wildman–Crippen LogP) is 13.6. The highest BCUT2D eigenvalue weighted by molar-refractivity contribution is 6.45. The van der Waals surface area contributed by atoms with Crippen LogP contribution in [0.4, 0.5) is 54.8 Å². The lowest BCUT2D eigenvalue weighted by Crippen LogP contribution is -2.51. The Morgan fingerprint density at radius 2 is 0.733 bits per heavy atom. The molecule has 2 amide bonds. The fourth-order valence-electron chi connectivity index (χ4n) is 14.1. The molecule has 0 atom stereocenters. The van der Waals surface area contributed by atoms with Gasteiger partial charge in [0, 0.05) is 182 Å². The summed E-state index contributed by atoms with van der Waals surface area (Å²) in [4.78, 5) is 74.0. The molecule has 0 unspecified atom stereocenters. The number of nitrogens with two attached hydrogens (primary N) is 3. The van der Waals surface area contributed by atoms with Crippen molar-refractivity contribution < 1.29 is 65.3 Å². The van der Waals surface area contributed by atoms with Gasteiger partial charge in [-0.3, -0.25) is 20.5 Å². The number of hydrazine groups is 1. The van der Waals surface area contributed by atoms with Gasteiger partial charge in [0.25, 0.3) is 6.48 Å². The lowest BCUT2D eigenvalue weighted by molar-refractivity contribution is -0.282. The van der Waals surface area contributed by atoms with Crippen LogP contribution in [0.2, 0.25) is 54.2 Å². The second kappa shape index (κ2) is 52.1.